The predicted molar refractivity (Wildman–Crippen MR) is 161 cm³/mol. The van der Waals surface area contributed by atoms with E-state index in [1.807, 2.05) is 43.0 Å². The molecule has 1 aliphatic heterocycles. The molecule has 2 atom stereocenters. The lowest BCUT2D eigenvalue weighted by atomic mass is 9.78. The summed E-state index contributed by atoms with van der Waals surface area (Å²) < 4.78 is 11.6. The number of hydrogen-bond donors (Lipinski definition) is 1. The van der Waals surface area contributed by atoms with E-state index in [-0.39, 0.29) is 0 Å². The van der Waals surface area contributed by atoms with Gasteiger partial charge in [-0.15, -0.1) is 11.8 Å². The third kappa shape index (κ3) is 6.03. The number of ether oxygens (including phenoxy) is 2. The van der Waals surface area contributed by atoms with E-state index in [1.54, 1.807) is 5.57 Å². The SMILES string of the molecule is CSc1ccccc1C1=CC2=C(C(C)C1)C(Cc1ccc(OCCOc3c(Cl)cc(C)cc3Cl)cc1)CN2. The van der Waals surface area contributed by atoms with Crippen molar-refractivity contribution >= 4 is 40.5 Å². The summed E-state index contributed by atoms with van der Waals surface area (Å²) in [6.07, 6.45) is 6.65. The summed E-state index contributed by atoms with van der Waals surface area (Å²) in [4.78, 5) is 1.35. The highest BCUT2D eigenvalue weighted by atomic mass is 35.5. The van der Waals surface area contributed by atoms with E-state index in [2.05, 4.69) is 61.0 Å². The average Bonchev–Trinajstić information content (AvgIpc) is 3.31. The molecule has 0 amide bonds. The molecule has 3 nitrogen and oxygen atoms in total. The summed E-state index contributed by atoms with van der Waals surface area (Å²) in [7, 11) is 0. The number of thioether (sulfide) groups is 1. The number of benzene rings is 3. The van der Waals surface area contributed by atoms with Crippen LogP contribution >= 0.6 is 35.0 Å². The van der Waals surface area contributed by atoms with Crippen LogP contribution in [0.4, 0.5) is 0 Å². The molecule has 0 radical (unpaired) electrons. The first-order chi connectivity index (χ1) is 18.4. The Morgan fingerprint density at radius 2 is 1.68 bits per heavy atom. The van der Waals surface area contributed by atoms with Crippen LogP contribution in [-0.2, 0) is 6.42 Å². The first-order valence-electron chi connectivity index (χ1n) is 13.0. The van der Waals surface area contributed by atoms with Crippen LogP contribution < -0.4 is 14.8 Å². The number of aryl methyl sites for hydroxylation is 1. The second-order valence-corrected chi connectivity index (χ2v) is 11.7. The molecule has 1 heterocycles. The molecule has 2 aliphatic rings. The maximum atomic E-state index is 6.26. The molecule has 3 aromatic rings. The number of halogens is 2. The summed E-state index contributed by atoms with van der Waals surface area (Å²) in [5.74, 6) is 2.37. The second-order valence-electron chi connectivity index (χ2n) is 10.0. The summed E-state index contributed by atoms with van der Waals surface area (Å²) in [5.41, 5.74) is 8.03. The van der Waals surface area contributed by atoms with Gasteiger partial charge in [0.2, 0.25) is 0 Å². The van der Waals surface area contributed by atoms with Gasteiger partial charge in [-0.25, -0.2) is 0 Å². The average molecular weight is 567 g/mol. The number of nitrogens with one attached hydrogen (secondary N) is 1. The van der Waals surface area contributed by atoms with E-state index in [0.29, 0.717) is 40.8 Å². The number of allylic oxidation sites excluding steroid dienone is 2. The molecule has 0 saturated heterocycles. The molecule has 3 aromatic carbocycles. The van der Waals surface area contributed by atoms with Gasteiger partial charge in [0.05, 0.1) is 10.0 Å². The Morgan fingerprint density at radius 3 is 2.42 bits per heavy atom. The molecule has 6 heteroatoms. The van der Waals surface area contributed by atoms with Gasteiger partial charge in [-0.1, -0.05) is 60.5 Å². The van der Waals surface area contributed by atoms with Crippen molar-refractivity contribution in [2.24, 2.45) is 11.8 Å². The molecule has 0 spiro atoms. The quantitative estimate of drug-likeness (QED) is 0.208. The standard InChI is InChI=1S/C32H33Cl2NO2S/c1-20-14-27(33)32(28(34)15-20)37-13-12-36-25-10-8-22(9-11-25)17-24-19-35-29-18-23(16-21(2)31(24)29)26-6-4-5-7-30(26)38-3/h4-11,14-15,18,21,24,35H,12-13,16-17,19H2,1-3H3. The minimum atomic E-state index is 0.365. The van der Waals surface area contributed by atoms with Gasteiger partial charge >= 0.3 is 0 Å². The highest BCUT2D eigenvalue weighted by Crippen LogP contribution is 2.42. The fourth-order valence-electron chi connectivity index (χ4n) is 5.55. The third-order valence-corrected chi connectivity index (χ3v) is 8.62. The first-order valence-corrected chi connectivity index (χ1v) is 15.0. The zero-order chi connectivity index (χ0) is 26.6. The van der Waals surface area contributed by atoms with Crippen LogP contribution in [0.3, 0.4) is 0 Å². The molecular weight excluding hydrogens is 533 g/mol. The van der Waals surface area contributed by atoms with Gasteiger partial charge in [-0.3, -0.25) is 0 Å². The van der Waals surface area contributed by atoms with Crippen LogP contribution in [0.5, 0.6) is 11.5 Å². The van der Waals surface area contributed by atoms with Crippen molar-refractivity contribution < 1.29 is 9.47 Å². The molecule has 1 aliphatic carbocycles. The van der Waals surface area contributed by atoms with E-state index in [4.69, 9.17) is 32.7 Å². The van der Waals surface area contributed by atoms with Crippen molar-refractivity contribution in [3.05, 3.63) is 105 Å². The van der Waals surface area contributed by atoms with Crippen molar-refractivity contribution in [3.63, 3.8) is 0 Å². The molecule has 2 unspecified atom stereocenters. The van der Waals surface area contributed by atoms with Crippen molar-refractivity contribution in [1.29, 1.82) is 0 Å². The van der Waals surface area contributed by atoms with Crippen molar-refractivity contribution in [1.82, 2.24) is 5.32 Å². The Kier molecular flexibility index (Phi) is 8.62. The molecular formula is C32H33Cl2NO2S. The van der Waals surface area contributed by atoms with Crippen molar-refractivity contribution in [3.8, 4) is 11.5 Å². The van der Waals surface area contributed by atoms with Crippen LogP contribution in [0.2, 0.25) is 10.0 Å². The lowest BCUT2D eigenvalue weighted by Crippen LogP contribution is -2.16. The maximum absolute atomic E-state index is 6.26. The van der Waals surface area contributed by atoms with Crippen LogP contribution in [0.1, 0.15) is 30.0 Å². The zero-order valence-corrected chi connectivity index (χ0v) is 24.4. The molecule has 198 valence electrons. The van der Waals surface area contributed by atoms with E-state index in [0.717, 1.165) is 30.7 Å². The van der Waals surface area contributed by atoms with E-state index in [9.17, 15) is 0 Å². The van der Waals surface area contributed by atoms with Crippen LogP contribution in [0, 0.1) is 18.8 Å². The molecule has 0 aromatic heterocycles. The molecule has 0 bridgehead atoms. The Morgan fingerprint density at radius 1 is 0.974 bits per heavy atom. The van der Waals surface area contributed by atoms with E-state index in [1.165, 1.54) is 27.3 Å². The summed E-state index contributed by atoms with van der Waals surface area (Å²) in [5, 5.41) is 4.74. The van der Waals surface area contributed by atoms with E-state index < -0.39 is 0 Å². The van der Waals surface area contributed by atoms with Gasteiger partial charge in [-0.2, -0.15) is 0 Å². The summed E-state index contributed by atoms with van der Waals surface area (Å²) in [6.45, 7) is 6.09. The summed E-state index contributed by atoms with van der Waals surface area (Å²) >= 11 is 14.3. The van der Waals surface area contributed by atoms with Crippen LogP contribution in [0.15, 0.2) is 82.9 Å². The zero-order valence-electron chi connectivity index (χ0n) is 22.0. The Balaban J connectivity index is 1.18. The van der Waals surface area contributed by atoms with Gasteiger partial charge in [0.25, 0.3) is 0 Å². The van der Waals surface area contributed by atoms with Crippen LogP contribution in [0.25, 0.3) is 5.57 Å². The maximum Gasteiger partial charge on any atom is 0.156 e. The Hall–Kier alpha value is -2.53. The highest BCUT2D eigenvalue weighted by Gasteiger charge is 2.32. The van der Waals surface area contributed by atoms with Gasteiger partial charge < -0.3 is 14.8 Å². The molecule has 1 N–H and O–H groups in total. The largest absolute Gasteiger partial charge is 0.490 e. The molecule has 5 rings (SSSR count). The van der Waals surface area contributed by atoms with Gasteiger partial charge in [-0.05, 0) is 96.2 Å². The lowest BCUT2D eigenvalue weighted by Gasteiger charge is -2.26. The lowest BCUT2D eigenvalue weighted by molar-refractivity contribution is 0.217. The Labute approximate surface area is 240 Å². The topological polar surface area (TPSA) is 30.5 Å². The molecule has 0 saturated carbocycles. The van der Waals surface area contributed by atoms with Crippen molar-refractivity contribution in [2.75, 3.05) is 26.0 Å². The van der Waals surface area contributed by atoms with Gasteiger partial charge in [0.1, 0.15) is 19.0 Å². The monoisotopic (exact) mass is 565 g/mol. The second kappa shape index (κ2) is 12.1. The predicted octanol–water partition coefficient (Wildman–Crippen LogP) is 8.62. The minimum Gasteiger partial charge on any atom is -0.490 e. The Bertz CT molecular complexity index is 1340. The molecule has 0 fully saturated rings. The van der Waals surface area contributed by atoms with Crippen LogP contribution in [-0.4, -0.2) is 26.0 Å². The highest BCUT2D eigenvalue weighted by molar-refractivity contribution is 7.98. The van der Waals surface area contributed by atoms with Crippen molar-refractivity contribution in [2.45, 2.75) is 31.6 Å². The number of hydrogen-bond acceptors (Lipinski definition) is 4. The summed E-state index contributed by atoms with van der Waals surface area (Å²) in [6, 6.07) is 20.9. The fourth-order valence-corrected chi connectivity index (χ4v) is 6.89. The van der Waals surface area contributed by atoms with E-state index >= 15 is 0 Å². The smallest absolute Gasteiger partial charge is 0.156 e. The minimum absolute atomic E-state index is 0.365. The third-order valence-electron chi connectivity index (χ3n) is 7.26. The normalized spacial score (nSPS) is 18.6. The fraction of sp³-hybridized carbons (Fsp3) is 0.312. The first kappa shape index (κ1) is 27.1. The van der Waals surface area contributed by atoms with Gasteiger partial charge in [0.15, 0.2) is 5.75 Å². The van der Waals surface area contributed by atoms with Gasteiger partial charge in [0, 0.05) is 23.1 Å². The molecule has 38 heavy (non-hydrogen) atoms. The number of rotatable bonds is 9.